The molecule has 0 radical (unpaired) electrons. The summed E-state index contributed by atoms with van der Waals surface area (Å²) in [7, 11) is 0. The Morgan fingerprint density at radius 3 is 2.52 bits per heavy atom. The van der Waals surface area contributed by atoms with Gasteiger partial charge in [0.25, 0.3) is 5.91 Å². The molecule has 0 spiro atoms. The van der Waals surface area contributed by atoms with E-state index in [1.807, 2.05) is 31.2 Å². The normalized spacial score (nSPS) is 11.6. The smallest absolute Gasteiger partial charge is 0.254 e. The van der Waals surface area contributed by atoms with Gasteiger partial charge in [-0.25, -0.2) is 0 Å². The maximum atomic E-state index is 12.2. The molecule has 2 amide bonds. The highest BCUT2D eigenvalue weighted by Crippen LogP contribution is 2.17. The lowest BCUT2D eigenvalue weighted by molar-refractivity contribution is -0.115. The average molecular weight is 329 g/mol. The average Bonchev–Trinajstić information content (AvgIpc) is 2.55. The first-order valence-electron chi connectivity index (χ1n) is 7.39. The maximum Gasteiger partial charge on any atom is 0.254 e. The van der Waals surface area contributed by atoms with Crippen LogP contribution in [0.25, 0.3) is 0 Å². The zero-order chi connectivity index (χ0) is 16.8. The monoisotopic (exact) mass is 329 g/mol. The number of anilines is 1. The fourth-order valence-corrected chi connectivity index (χ4v) is 2.29. The molecule has 2 aromatic rings. The second kappa shape index (κ2) is 7.69. The van der Waals surface area contributed by atoms with Crippen LogP contribution in [0.1, 0.15) is 42.2 Å². The number of hydrogen-bond donors (Lipinski definition) is 3. The molecule has 1 aromatic carbocycles. The molecular weight excluding hydrogens is 310 g/mol. The SMILES string of the molecule is CCC(=O)Nc1ccc([C@H](C)NC(=O)c2ccc[nH]c2=S)cc1. The van der Waals surface area contributed by atoms with Crippen molar-refractivity contribution in [2.24, 2.45) is 0 Å². The van der Waals surface area contributed by atoms with Crippen LogP contribution in [0.4, 0.5) is 5.69 Å². The van der Waals surface area contributed by atoms with Crippen LogP contribution < -0.4 is 10.6 Å². The number of carbonyl (C=O) groups excluding carboxylic acids is 2. The van der Waals surface area contributed by atoms with Crippen molar-refractivity contribution < 1.29 is 9.59 Å². The first-order chi connectivity index (χ1) is 11.0. The number of nitrogens with one attached hydrogen (secondary N) is 3. The number of amides is 2. The first kappa shape index (κ1) is 16.9. The Balaban J connectivity index is 2.04. The first-order valence-corrected chi connectivity index (χ1v) is 7.80. The fraction of sp³-hybridized carbons (Fsp3) is 0.235. The van der Waals surface area contributed by atoms with Gasteiger partial charge in [-0.2, -0.15) is 0 Å². The predicted molar refractivity (Wildman–Crippen MR) is 92.9 cm³/mol. The Hall–Kier alpha value is -2.47. The summed E-state index contributed by atoms with van der Waals surface area (Å²) >= 11 is 5.11. The number of aromatic amines is 1. The van der Waals surface area contributed by atoms with Crippen LogP contribution in [0.15, 0.2) is 42.6 Å². The van der Waals surface area contributed by atoms with E-state index in [1.165, 1.54) is 0 Å². The second-order valence-electron chi connectivity index (χ2n) is 5.13. The molecule has 2 rings (SSSR count). The van der Waals surface area contributed by atoms with E-state index >= 15 is 0 Å². The van der Waals surface area contributed by atoms with Gasteiger partial charge >= 0.3 is 0 Å². The molecule has 1 atom stereocenters. The molecule has 0 aliphatic carbocycles. The quantitative estimate of drug-likeness (QED) is 0.734. The zero-order valence-electron chi connectivity index (χ0n) is 13.1. The predicted octanol–water partition coefficient (Wildman–Crippen LogP) is 3.58. The van der Waals surface area contributed by atoms with Crippen LogP contribution in [-0.4, -0.2) is 16.8 Å². The van der Waals surface area contributed by atoms with Crippen molar-refractivity contribution in [3.63, 3.8) is 0 Å². The van der Waals surface area contributed by atoms with Crippen LogP contribution in [-0.2, 0) is 4.79 Å². The van der Waals surface area contributed by atoms with E-state index < -0.39 is 0 Å². The van der Waals surface area contributed by atoms with Gasteiger partial charge in [0.1, 0.15) is 4.64 Å². The van der Waals surface area contributed by atoms with Crippen molar-refractivity contribution in [3.05, 3.63) is 58.4 Å². The number of carbonyl (C=O) groups is 2. The summed E-state index contributed by atoms with van der Waals surface area (Å²) in [5.74, 6) is -0.250. The van der Waals surface area contributed by atoms with Gasteiger partial charge in [0, 0.05) is 18.3 Å². The van der Waals surface area contributed by atoms with E-state index in [4.69, 9.17) is 12.2 Å². The van der Waals surface area contributed by atoms with Gasteiger partial charge in [0.05, 0.1) is 11.6 Å². The molecule has 0 saturated carbocycles. The van der Waals surface area contributed by atoms with Crippen molar-refractivity contribution in [3.8, 4) is 0 Å². The Bertz CT molecular complexity index is 753. The maximum absolute atomic E-state index is 12.2. The van der Waals surface area contributed by atoms with Gasteiger partial charge in [-0.1, -0.05) is 31.3 Å². The molecule has 23 heavy (non-hydrogen) atoms. The third kappa shape index (κ3) is 4.50. The summed E-state index contributed by atoms with van der Waals surface area (Å²) in [5, 5.41) is 5.70. The fourth-order valence-electron chi connectivity index (χ4n) is 2.06. The number of pyridine rings is 1. The molecule has 0 saturated heterocycles. The minimum absolute atomic E-state index is 0.0302. The Morgan fingerprint density at radius 2 is 1.91 bits per heavy atom. The summed E-state index contributed by atoms with van der Waals surface area (Å²) in [5.41, 5.74) is 2.13. The third-order valence-electron chi connectivity index (χ3n) is 3.43. The van der Waals surface area contributed by atoms with Gasteiger partial charge in [-0.15, -0.1) is 0 Å². The zero-order valence-corrected chi connectivity index (χ0v) is 13.9. The summed E-state index contributed by atoms with van der Waals surface area (Å²) < 4.78 is 0.412. The van der Waals surface area contributed by atoms with Crippen LogP contribution in [0.5, 0.6) is 0 Å². The molecule has 120 valence electrons. The summed E-state index contributed by atoms with van der Waals surface area (Å²) in [6.45, 7) is 3.70. The largest absolute Gasteiger partial charge is 0.352 e. The highest BCUT2D eigenvalue weighted by molar-refractivity contribution is 7.71. The lowest BCUT2D eigenvalue weighted by Crippen LogP contribution is -2.27. The molecule has 0 unspecified atom stereocenters. The molecule has 0 aliphatic rings. The number of rotatable bonds is 5. The number of hydrogen-bond acceptors (Lipinski definition) is 3. The second-order valence-corrected chi connectivity index (χ2v) is 5.54. The standard InChI is InChI=1S/C17H19N3O2S/c1-3-15(21)20-13-8-6-12(7-9-13)11(2)19-16(22)14-5-4-10-18-17(14)23/h4-11H,3H2,1-2H3,(H,18,23)(H,19,22)(H,20,21)/t11-/m0/s1. The van der Waals surface area contributed by atoms with Gasteiger partial charge in [0.15, 0.2) is 0 Å². The van der Waals surface area contributed by atoms with E-state index in [0.717, 1.165) is 11.3 Å². The van der Waals surface area contributed by atoms with E-state index in [1.54, 1.807) is 25.3 Å². The molecule has 3 N–H and O–H groups in total. The highest BCUT2D eigenvalue weighted by Gasteiger charge is 2.12. The van der Waals surface area contributed by atoms with Crippen LogP contribution in [0.3, 0.4) is 0 Å². The molecule has 0 fully saturated rings. The number of aromatic nitrogens is 1. The van der Waals surface area contributed by atoms with Crippen molar-refractivity contribution in [2.45, 2.75) is 26.3 Å². The number of benzene rings is 1. The van der Waals surface area contributed by atoms with Crippen LogP contribution in [0, 0.1) is 4.64 Å². The summed E-state index contributed by atoms with van der Waals surface area (Å²) in [6.07, 6.45) is 2.12. The van der Waals surface area contributed by atoms with Gasteiger partial charge < -0.3 is 15.6 Å². The molecule has 5 nitrogen and oxygen atoms in total. The van der Waals surface area contributed by atoms with Gasteiger partial charge in [0.2, 0.25) is 5.91 Å². The van der Waals surface area contributed by atoms with Gasteiger partial charge in [-0.3, -0.25) is 9.59 Å². The number of H-pyrrole nitrogens is 1. The molecular formula is C17H19N3O2S. The summed E-state index contributed by atoms with van der Waals surface area (Å²) in [6, 6.07) is 10.6. The minimum atomic E-state index is -0.220. The Kier molecular flexibility index (Phi) is 5.65. The third-order valence-corrected chi connectivity index (χ3v) is 3.76. The van der Waals surface area contributed by atoms with Gasteiger partial charge in [-0.05, 0) is 36.8 Å². The van der Waals surface area contributed by atoms with Crippen LogP contribution >= 0.6 is 12.2 Å². The lowest BCUT2D eigenvalue weighted by atomic mass is 10.1. The summed E-state index contributed by atoms with van der Waals surface area (Å²) in [4.78, 5) is 26.4. The Labute approximate surface area is 140 Å². The minimum Gasteiger partial charge on any atom is -0.352 e. The molecule has 1 heterocycles. The van der Waals surface area contributed by atoms with Crippen molar-refractivity contribution in [2.75, 3.05) is 5.32 Å². The van der Waals surface area contributed by atoms with E-state index in [9.17, 15) is 9.59 Å². The van der Waals surface area contributed by atoms with E-state index in [2.05, 4.69) is 15.6 Å². The van der Waals surface area contributed by atoms with E-state index in [0.29, 0.717) is 16.6 Å². The topological polar surface area (TPSA) is 74.0 Å². The molecule has 0 bridgehead atoms. The molecule has 0 aliphatic heterocycles. The van der Waals surface area contributed by atoms with E-state index in [-0.39, 0.29) is 17.9 Å². The molecule has 6 heteroatoms. The highest BCUT2D eigenvalue weighted by atomic mass is 32.1. The van der Waals surface area contributed by atoms with Crippen LogP contribution in [0.2, 0.25) is 0 Å². The van der Waals surface area contributed by atoms with Crippen molar-refractivity contribution in [1.29, 1.82) is 0 Å². The Morgan fingerprint density at radius 1 is 1.22 bits per heavy atom. The van der Waals surface area contributed by atoms with Crippen molar-refractivity contribution >= 4 is 29.7 Å². The lowest BCUT2D eigenvalue weighted by Gasteiger charge is -2.15. The van der Waals surface area contributed by atoms with Crippen molar-refractivity contribution in [1.82, 2.24) is 10.3 Å². The molecule has 1 aromatic heterocycles.